The zero-order chi connectivity index (χ0) is 13.0. The molecule has 1 aromatic rings. The van der Waals surface area contributed by atoms with Crippen molar-refractivity contribution in [1.82, 2.24) is 0 Å². The molecule has 0 amide bonds. The van der Waals surface area contributed by atoms with E-state index in [1.165, 1.54) is 0 Å². The molecule has 100 valence electrons. The Balaban J connectivity index is 1.86. The molecule has 2 rings (SSSR count). The average Bonchev–Trinajstić information content (AvgIpc) is 2.35. The van der Waals surface area contributed by atoms with Gasteiger partial charge in [-0.05, 0) is 45.0 Å². The van der Waals surface area contributed by atoms with Crippen molar-refractivity contribution in [3.8, 4) is 5.75 Å². The predicted octanol–water partition coefficient (Wildman–Crippen LogP) is 2.65. The zero-order valence-corrected chi connectivity index (χ0v) is 11.2. The second kappa shape index (κ2) is 5.59. The fraction of sp³-hybridized carbons (Fsp3) is 0.571. The first-order valence-electron chi connectivity index (χ1n) is 6.36. The minimum absolute atomic E-state index is 0.191. The Kier molecular flexibility index (Phi) is 4.09. The number of rotatable bonds is 4. The van der Waals surface area contributed by atoms with Crippen molar-refractivity contribution < 1.29 is 14.2 Å². The molecule has 0 aliphatic carbocycles. The molecule has 1 aromatic carbocycles. The maximum atomic E-state index is 5.60. The highest BCUT2D eigenvalue weighted by atomic mass is 16.7. The van der Waals surface area contributed by atoms with Gasteiger partial charge in [0.25, 0.3) is 0 Å². The van der Waals surface area contributed by atoms with E-state index in [2.05, 4.69) is 5.32 Å². The zero-order valence-electron chi connectivity index (χ0n) is 11.2. The second-order valence-corrected chi connectivity index (χ2v) is 4.82. The summed E-state index contributed by atoms with van der Waals surface area (Å²) in [7, 11) is 0. The number of hydrogen-bond acceptors (Lipinski definition) is 4. The first kappa shape index (κ1) is 13.2. The van der Waals surface area contributed by atoms with Gasteiger partial charge in [-0.3, -0.25) is 0 Å². The lowest BCUT2D eigenvalue weighted by molar-refractivity contribution is -0.247. The molecule has 0 atom stereocenters. The number of ether oxygens (including phenoxy) is 3. The molecule has 1 saturated heterocycles. The van der Waals surface area contributed by atoms with E-state index in [0.29, 0.717) is 19.8 Å². The lowest BCUT2D eigenvalue weighted by Gasteiger charge is -2.35. The molecule has 0 radical (unpaired) electrons. The average molecular weight is 251 g/mol. The first-order valence-corrected chi connectivity index (χ1v) is 6.36. The molecule has 1 heterocycles. The third-order valence-corrected chi connectivity index (χ3v) is 2.80. The smallest absolute Gasteiger partial charge is 0.162 e. The summed E-state index contributed by atoms with van der Waals surface area (Å²) >= 11 is 0. The largest absolute Gasteiger partial charge is 0.494 e. The van der Waals surface area contributed by atoms with E-state index in [4.69, 9.17) is 14.2 Å². The van der Waals surface area contributed by atoms with Crippen molar-refractivity contribution in [2.24, 2.45) is 0 Å². The molecule has 0 saturated carbocycles. The van der Waals surface area contributed by atoms with Crippen LogP contribution in [0.2, 0.25) is 0 Å². The van der Waals surface area contributed by atoms with Crippen LogP contribution < -0.4 is 10.1 Å². The monoisotopic (exact) mass is 251 g/mol. The normalized spacial score (nSPS) is 19.5. The fourth-order valence-electron chi connectivity index (χ4n) is 1.83. The van der Waals surface area contributed by atoms with Crippen LogP contribution in [0.4, 0.5) is 5.69 Å². The van der Waals surface area contributed by atoms with Crippen LogP contribution in [0.1, 0.15) is 20.8 Å². The molecule has 0 aromatic heterocycles. The van der Waals surface area contributed by atoms with Crippen molar-refractivity contribution in [3.63, 3.8) is 0 Å². The Morgan fingerprint density at radius 3 is 2.39 bits per heavy atom. The third kappa shape index (κ3) is 3.62. The van der Waals surface area contributed by atoms with E-state index in [-0.39, 0.29) is 6.04 Å². The van der Waals surface area contributed by atoms with Crippen LogP contribution in [0, 0.1) is 0 Å². The van der Waals surface area contributed by atoms with Gasteiger partial charge in [-0.2, -0.15) is 0 Å². The minimum Gasteiger partial charge on any atom is -0.494 e. The Morgan fingerprint density at radius 1 is 1.22 bits per heavy atom. The number of benzene rings is 1. The summed E-state index contributed by atoms with van der Waals surface area (Å²) in [5, 5.41) is 3.38. The Hall–Kier alpha value is -1.26. The van der Waals surface area contributed by atoms with Crippen LogP contribution in [0.25, 0.3) is 0 Å². The molecular weight excluding hydrogens is 230 g/mol. The van der Waals surface area contributed by atoms with Crippen LogP contribution in [-0.4, -0.2) is 31.6 Å². The van der Waals surface area contributed by atoms with Gasteiger partial charge in [0.05, 0.1) is 25.9 Å². The number of nitrogens with one attached hydrogen (secondary N) is 1. The first-order chi connectivity index (χ1) is 8.59. The summed E-state index contributed by atoms with van der Waals surface area (Å²) in [5.74, 6) is 0.428. The van der Waals surface area contributed by atoms with Gasteiger partial charge < -0.3 is 19.5 Å². The standard InChI is InChI=1S/C14H21NO3/c1-4-16-13-7-5-11(6-8-13)15-12-9-17-14(2,3)18-10-12/h5-8,12,15H,4,9-10H2,1-3H3. The molecular formula is C14H21NO3. The van der Waals surface area contributed by atoms with Gasteiger partial charge in [-0.1, -0.05) is 0 Å². The van der Waals surface area contributed by atoms with Crippen molar-refractivity contribution in [2.45, 2.75) is 32.6 Å². The minimum atomic E-state index is -0.461. The van der Waals surface area contributed by atoms with Crippen LogP contribution in [0.5, 0.6) is 5.75 Å². The van der Waals surface area contributed by atoms with E-state index in [0.717, 1.165) is 11.4 Å². The molecule has 0 unspecified atom stereocenters. The van der Waals surface area contributed by atoms with E-state index in [1.807, 2.05) is 45.0 Å². The molecule has 0 bridgehead atoms. The van der Waals surface area contributed by atoms with Gasteiger partial charge in [0, 0.05) is 5.69 Å². The van der Waals surface area contributed by atoms with Crippen LogP contribution in [0.15, 0.2) is 24.3 Å². The summed E-state index contributed by atoms with van der Waals surface area (Å²) in [5.41, 5.74) is 1.05. The highest BCUT2D eigenvalue weighted by molar-refractivity contribution is 5.47. The molecule has 4 heteroatoms. The van der Waals surface area contributed by atoms with Crippen LogP contribution in [0.3, 0.4) is 0 Å². The van der Waals surface area contributed by atoms with Gasteiger partial charge in [0.1, 0.15) is 5.75 Å². The van der Waals surface area contributed by atoms with E-state index < -0.39 is 5.79 Å². The topological polar surface area (TPSA) is 39.7 Å². The molecule has 0 spiro atoms. The van der Waals surface area contributed by atoms with E-state index in [1.54, 1.807) is 0 Å². The molecule has 1 N–H and O–H groups in total. The van der Waals surface area contributed by atoms with Gasteiger partial charge >= 0.3 is 0 Å². The van der Waals surface area contributed by atoms with Gasteiger partial charge in [0.2, 0.25) is 0 Å². The number of anilines is 1. The van der Waals surface area contributed by atoms with Crippen molar-refractivity contribution in [2.75, 3.05) is 25.1 Å². The highest BCUT2D eigenvalue weighted by Gasteiger charge is 2.27. The summed E-state index contributed by atoms with van der Waals surface area (Å²) in [6.07, 6.45) is 0. The number of hydrogen-bond donors (Lipinski definition) is 1. The van der Waals surface area contributed by atoms with E-state index >= 15 is 0 Å². The predicted molar refractivity (Wildman–Crippen MR) is 71.0 cm³/mol. The quantitative estimate of drug-likeness (QED) is 0.893. The second-order valence-electron chi connectivity index (χ2n) is 4.82. The molecule has 4 nitrogen and oxygen atoms in total. The molecule has 1 fully saturated rings. The van der Waals surface area contributed by atoms with Gasteiger partial charge in [0.15, 0.2) is 5.79 Å². The van der Waals surface area contributed by atoms with Crippen LogP contribution >= 0.6 is 0 Å². The van der Waals surface area contributed by atoms with Crippen LogP contribution in [-0.2, 0) is 9.47 Å². The van der Waals surface area contributed by atoms with Gasteiger partial charge in [-0.25, -0.2) is 0 Å². The summed E-state index contributed by atoms with van der Waals surface area (Å²) in [4.78, 5) is 0. The Labute approximate surface area is 108 Å². The molecule has 1 aliphatic rings. The van der Waals surface area contributed by atoms with Crippen molar-refractivity contribution in [1.29, 1.82) is 0 Å². The Bertz CT molecular complexity index is 365. The summed E-state index contributed by atoms with van der Waals surface area (Å²) < 4.78 is 16.6. The maximum Gasteiger partial charge on any atom is 0.162 e. The SMILES string of the molecule is CCOc1ccc(NC2COC(C)(C)OC2)cc1. The maximum absolute atomic E-state index is 5.60. The van der Waals surface area contributed by atoms with Crippen molar-refractivity contribution >= 4 is 5.69 Å². The van der Waals surface area contributed by atoms with Gasteiger partial charge in [-0.15, -0.1) is 0 Å². The lowest BCUT2D eigenvalue weighted by atomic mass is 10.2. The van der Waals surface area contributed by atoms with Crippen molar-refractivity contribution in [3.05, 3.63) is 24.3 Å². The summed E-state index contributed by atoms with van der Waals surface area (Å²) in [6, 6.07) is 8.12. The fourth-order valence-corrected chi connectivity index (χ4v) is 1.83. The molecule has 1 aliphatic heterocycles. The molecule has 18 heavy (non-hydrogen) atoms. The third-order valence-electron chi connectivity index (χ3n) is 2.80. The highest BCUT2D eigenvalue weighted by Crippen LogP contribution is 2.21. The summed E-state index contributed by atoms with van der Waals surface area (Å²) in [6.45, 7) is 7.83. The Morgan fingerprint density at radius 2 is 1.83 bits per heavy atom. The lowest BCUT2D eigenvalue weighted by Crippen LogP contribution is -2.45. The van der Waals surface area contributed by atoms with E-state index in [9.17, 15) is 0 Å².